The van der Waals surface area contributed by atoms with Crippen LogP contribution in [0, 0.1) is 0 Å². The van der Waals surface area contributed by atoms with Crippen LogP contribution >= 0.6 is 11.8 Å². The standard InChI is InChI=1S/C25H26N6O3S/c1-2-31-19-8-4-3-7-18(19)27-24(31)28-22(33)16-9-11-17(12-10-16)26-21(32)15-20-23(34)29-25(35-20)30-13-5-6-14-30/h3-4,7-12,20H,2,5-6,13-15H2,1H3,(H,26,32)(H,27,28,33)/t20-/m1/s1. The lowest BCUT2D eigenvalue weighted by Gasteiger charge is -2.16. The number of fused-ring (bicyclic) bond motifs is 1. The van der Waals surface area contributed by atoms with Crippen molar-refractivity contribution in [1.82, 2.24) is 14.5 Å². The van der Waals surface area contributed by atoms with Gasteiger partial charge in [-0.15, -0.1) is 0 Å². The van der Waals surface area contributed by atoms with Crippen molar-refractivity contribution in [1.29, 1.82) is 0 Å². The summed E-state index contributed by atoms with van der Waals surface area (Å²) in [5, 5.41) is 5.93. The van der Waals surface area contributed by atoms with Crippen LogP contribution in [0.1, 0.15) is 36.5 Å². The SMILES string of the molecule is CCn1c(NC(=O)c2ccc(NC(=O)C[C@H]3SC(N4CCCC4)=NC3=O)cc2)nc2ccccc21. The smallest absolute Gasteiger partial charge is 0.262 e. The number of aryl methyl sites for hydroxylation is 1. The molecule has 2 N–H and O–H groups in total. The number of imidazole rings is 1. The van der Waals surface area contributed by atoms with Gasteiger partial charge in [-0.2, -0.15) is 4.99 Å². The fourth-order valence-electron chi connectivity index (χ4n) is 4.30. The summed E-state index contributed by atoms with van der Waals surface area (Å²) >= 11 is 1.37. The number of benzene rings is 2. The molecule has 2 aromatic carbocycles. The maximum Gasteiger partial charge on any atom is 0.262 e. The number of thioether (sulfide) groups is 1. The first-order valence-electron chi connectivity index (χ1n) is 11.7. The summed E-state index contributed by atoms with van der Waals surface area (Å²) in [6, 6.07) is 14.4. The Bertz CT molecular complexity index is 1310. The van der Waals surface area contributed by atoms with Crippen LogP contribution in [0.15, 0.2) is 53.5 Å². The summed E-state index contributed by atoms with van der Waals surface area (Å²) in [7, 11) is 0. The highest BCUT2D eigenvalue weighted by Gasteiger charge is 2.33. The van der Waals surface area contributed by atoms with Crippen molar-refractivity contribution in [2.45, 2.75) is 38.0 Å². The molecule has 1 aromatic heterocycles. The number of likely N-dealkylation sites (tertiary alicyclic amines) is 1. The van der Waals surface area contributed by atoms with Crippen LogP contribution in [0.5, 0.6) is 0 Å². The van der Waals surface area contributed by atoms with Crippen molar-refractivity contribution < 1.29 is 14.4 Å². The van der Waals surface area contributed by atoms with Crippen LogP contribution in [0.2, 0.25) is 0 Å². The number of carbonyl (C=O) groups excluding carboxylic acids is 3. The first kappa shape index (κ1) is 23.1. The molecule has 0 saturated carbocycles. The summed E-state index contributed by atoms with van der Waals surface area (Å²) in [5.41, 5.74) is 2.78. The lowest BCUT2D eigenvalue weighted by atomic mass is 10.2. The van der Waals surface area contributed by atoms with Gasteiger partial charge in [0, 0.05) is 37.3 Å². The summed E-state index contributed by atoms with van der Waals surface area (Å²) in [6.45, 7) is 4.50. The highest BCUT2D eigenvalue weighted by atomic mass is 32.2. The minimum absolute atomic E-state index is 0.0554. The van der Waals surface area contributed by atoms with Crippen LogP contribution in [0.3, 0.4) is 0 Å². The maximum atomic E-state index is 12.8. The zero-order valence-corrected chi connectivity index (χ0v) is 20.2. The van der Waals surface area contributed by atoms with Gasteiger partial charge in [0.15, 0.2) is 5.17 Å². The van der Waals surface area contributed by atoms with Gasteiger partial charge >= 0.3 is 0 Å². The van der Waals surface area contributed by atoms with Crippen molar-refractivity contribution in [2.75, 3.05) is 23.7 Å². The third-order valence-electron chi connectivity index (χ3n) is 6.10. The molecule has 35 heavy (non-hydrogen) atoms. The first-order chi connectivity index (χ1) is 17.0. The second kappa shape index (κ2) is 9.91. The molecule has 0 aliphatic carbocycles. The Hall–Kier alpha value is -3.66. The highest BCUT2D eigenvalue weighted by molar-refractivity contribution is 8.15. The van der Waals surface area contributed by atoms with E-state index in [1.807, 2.05) is 35.8 Å². The predicted octanol–water partition coefficient (Wildman–Crippen LogP) is 3.73. The quantitative estimate of drug-likeness (QED) is 0.545. The zero-order valence-electron chi connectivity index (χ0n) is 19.4. The average molecular weight is 491 g/mol. The monoisotopic (exact) mass is 490 g/mol. The van der Waals surface area contributed by atoms with Gasteiger partial charge < -0.3 is 14.8 Å². The largest absolute Gasteiger partial charge is 0.351 e. The second-order valence-corrected chi connectivity index (χ2v) is 9.66. The Balaban J connectivity index is 1.17. The van der Waals surface area contributed by atoms with E-state index >= 15 is 0 Å². The fourth-order valence-corrected chi connectivity index (χ4v) is 5.42. The average Bonchev–Trinajstić information content (AvgIpc) is 3.58. The topological polar surface area (TPSA) is 109 Å². The van der Waals surface area contributed by atoms with Crippen molar-refractivity contribution in [3.8, 4) is 0 Å². The van der Waals surface area contributed by atoms with E-state index in [1.54, 1.807) is 24.3 Å². The van der Waals surface area contributed by atoms with Gasteiger partial charge in [0.1, 0.15) is 5.25 Å². The normalized spacial score (nSPS) is 17.6. The molecule has 1 atom stereocenters. The summed E-state index contributed by atoms with van der Waals surface area (Å²) in [6.07, 6.45) is 2.26. The lowest BCUT2D eigenvalue weighted by molar-refractivity contribution is -0.121. The molecule has 10 heteroatoms. The van der Waals surface area contributed by atoms with Crippen LogP contribution in [-0.4, -0.2) is 55.7 Å². The van der Waals surface area contributed by atoms with E-state index in [2.05, 4.69) is 25.5 Å². The van der Waals surface area contributed by atoms with Crippen LogP contribution < -0.4 is 10.6 Å². The molecule has 0 spiro atoms. The first-order valence-corrected chi connectivity index (χ1v) is 12.6. The molecule has 2 aliphatic rings. The molecule has 0 radical (unpaired) electrons. The third kappa shape index (κ3) is 4.93. The number of nitrogens with zero attached hydrogens (tertiary/aromatic N) is 4. The lowest BCUT2D eigenvalue weighted by Crippen LogP contribution is -2.25. The van der Waals surface area contributed by atoms with Gasteiger partial charge in [-0.1, -0.05) is 23.9 Å². The minimum Gasteiger partial charge on any atom is -0.351 e. The van der Waals surface area contributed by atoms with E-state index in [0.29, 0.717) is 23.7 Å². The Morgan fingerprint density at radius 1 is 1.06 bits per heavy atom. The Morgan fingerprint density at radius 3 is 2.54 bits per heavy atom. The summed E-state index contributed by atoms with van der Waals surface area (Å²) < 4.78 is 1.95. The molecule has 180 valence electrons. The molecule has 3 heterocycles. The number of nitrogens with one attached hydrogen (secondary N) is 2. The van der Waals surface area contributed by atoms with Gasteiger partial charge in [0.2, 0.25) is 11.9 Å². The predicted molar refractivity (Wildman–Crippen MR) is 138 cm³/mol. The number of anilines is 2. The van der Waals surface area contributed by atoms with Gasteiger partial charge in [0.25, 0.3) is 11.8 Å². The number of amides is 3. The molecule has 5 rings (SSSR count). The number of hydrogen-bond acceptors (Lipinski definition) is 6. The summed E-state index contributed by atoms with van der Waals surface area (Å²) in [5.74, 6) is -0.308. The van der Waals surface area contributed by atoms with Crippen molar-refractivity contribution in [3.63, 3.8) is 0 Å². The molecular weight excluding hydrogens is 464 g/mol. The minimum atomic E-state index is -0.492. The van der Waals surface area contributed by atoms with Crippen LogP contribution in [0.25, 0.3) is 11.0 Å². The zero-order chi connectivity index (χ0) is 24.4. The molecule has 2 aliphatic heterocycles. The van der Waals surface area contributed by atoms with Gasteiger partial charge in [0.05, 0.1) is 11.0 Å². The second-order valence-electron chi connectivity index (χ2n) is 8.49. The third-order valence-corrected chi connectivity index (χ3v) is 7.32. The highest BCUT2D eigenvalue weighted by Crippen LogP contribution is 2.29. The van der Waals surface area contributed by atoms with Gasteiger partial charge in [-0.3, -0.25) is 19.7 Å². The number of rotatable bonds is 6. The van der Waals surface area contributed by atoms with Gasteiger partial charge in [-0.25, -0.2) is 4.98 Å². The number of carbonyl (C=O) groups is 3. The number of aliphatic imine (C=N–C) groups is 1. The molecule has 3 amide bonds. The molecule has 3 aromatic rings. The van der Waals surface area contributed by atoms with Crippen molar-refractivity contribution in [2.24, 2.45) is 4.99 Å². The Kier molecular flexibility index (Phi) is 6.54. The summed E-state index contributed by atoms with van der Waals surface area (Å²) in [4.78, 5) is 48.3. The number of aromatic nitrogens is 2. The Labute approximate surface area is 207 Å². The van der Waals surface area contributed by atoms with E-state index in [1.165, 1.54) is 11.8 Å². The van der Waals surface area contributed by atoms with Crippen molar-refractivity contribution >= 4 is 57.3 Å². The van der Waals surface area contributed by atoms with Crippen LogP contribution in [-0.2, 0) is 16.1 Å². The Morgan fingerprint density at radius 2 is 1.80 bits per heavy atom. The van der Waals surface area contributed by atoms with E-state index < -0.39 is 5.25 Å². The number of hydrogen-bond donors (Lipinski definition) is 2. The molecule has 9 nitrogen and oxygen atoms in total. The number of amidine groups is 1. The van der Waals surface area contributed by atoms with Crippen LogP contribution in [0.4, 0.5) is 11.6 Å². The fraction of sp³-hybridized carbons (Fsp3) is 0.320. The molecule has 1 fully saturated rings. The maximum absolute atomic E-state index is 12.8. The number of para-hydroxylation sites is 2. The van der Waals surface area contributed by atoms with Crippen molar-refractivity contribution in [3.05, 3.63) is 54.1 Å². The molecular formula is C25H26N6O3S. The molecule has 0 bridgehead atoms. The molecule has 0 unspecified atom stereocenters. The van der Waals surface area contributed by atoms with Gasteiger partial charge in [-0.05, 0) is 56.2 Å². The van der Waals surface area contributed by atoms with E-state index in [-0.39, 0.29) is 24.1 Å². The van der Waals surface area contributed by atoms with E-state index in [9.17, 15) is 14.4 Å². The molecule has 1 saturated heterocycles. The van der Waals surface area contributed by atoms with E-state index in [0.717, 1.165) is 42.1 Å². The van der Waals surface area contributed by atoms with E-state index in [4.69, 9.17) is 0 Å².